The van der Waals surface area contributed by atoms with Crippen molar-refractivity contribution in [3.8, 4) is 5.82 Å². The summed E-state index contributed by atoms with van der Waals surface area (Å²) < 4.78 is 1.57. The van der Waals surface area contributed by atoms with E-state index in [9.17, 15) is 9.59 Å². The molecule has 0 aliphatic heterocycles. The minimum absolute atomic E-state index is 0.0401. The number of aliphatic carboxylic acids is 1. The normalized spacial score (nSPS) is 10.3. The quantitative estimate of drug-likeness (QED) is 0.863. The summed E-state index contributed by atoms with van der Waals surface area (Å²) in [4.78, 5) is 28.4. The van der Waals surface area contributed by atoms with Crippen LogP contribution >= 0.6 is 0 Å². The van der Waals surface area contributed by atoms with E-state index in [-0.39, 0.29) is 12.3 Å². The third-order valence-corrected chi connectivity index (χ3v) is 2.92. The molecule has 110 valence electrons. The number of amides is 1. The van der Waals surface area contributed by atoms with Crippen LogP contribution in [0, 0.1) is 0 Å². The molecule has 2 aromatic rings. The fraction of sp³-hybridized carbons (Fsp3) is 0.286. The Labute approximate surface area is 121 Å². The molecule has 0 aromatic carbocycles. The Morgan fingerprint density at radius 1 is 1.33 bits per heavy atom. The summed E-state index contributed by atoms with van der Waals surface area (Å²) in [5, 5.41) is 12.7. The Kier molecular flexibility index (Phi) is 4.65. The molecular weight excluding hydrogens is 272 g/mol. The number of hydrogen-bond donors (Lipinski definition) is 1. The molecule has 0 aliphatic carbocycles. The molecule has 1 N–H and O–H groups in total. The Hall–Kier alpha value is -2.70. The van der Waals surface area contributed by atoms with Gasteiger partial charge >= 0.3 is 5.97 Å². The van der Waals surface area contributed by atoms with E-state index >= 15 is 0 Å². The number of aromatic nitrogens is 3. The fourth-order valence-electron chi connectivity index (χ4n) is 1.84. The number of carboxylic acid groups (broad SMARTS) is 1. The molecule has 0 spiro atoms. The zero-order valence-corrected chi connectivity index (χ0v) is 11.6. The summed E-state index contributed by atoms with van der Waals surface area (Å²) in [5.74, 6) is -0.547. The van der Waals surface area contributed by atoms with E-state index < -0.39 is 5.97 Å². The lowest BCUT2D eigenvalue weighted by Crippen LogP contribution is -2.29. The first kappa shape index (κ1) is 14.7. The van der Waals surface area contributed by atoms with Gasteiger partial charge in [-0.1, -0.05) is 6.07 Å². The van der Waals surface area contributed by atoms with Crippen LogP contribution in [0.3, 0.4) is 0 Å². The minimum atomic E-state index is -0.866. The largest absolute Gasteiger partial charge is 0.481 e. The summed E-state index contributed by atoms with van der Waals surface area (Å²) in [6.45, 7) is 0.374. The number of carbonyl (C=O) groups excluding carboxylic acids is 1. The van der Waals surface area contributed by atoms with Gasteiger partial charge in [0.2, 0.25) is 0 Å². The van der Waals surface area contributed by atoms with Gasteiger partial charge in [-0.05, 0) is 24.6 Å². The highest BCUT2D eigenvalue weighted by Crippen LogP contribution is 2.07. The molecule has 7 heteroatoms. The van der Waals surface area contributed by atoms with E-state index in [4.69, 9.17) is 5.11 Å². The van der Waals surface area contributed by atoms with Crippen molar-refractivity contribution < 1.29 is 14.7 Å². The van der Waals surface area contributed by atoms with Crippen molar-refractivity contribution in [2.24, 2.45) is 0 Å². The zero-order valence-electron chi connectivity index (χ0n) is 11.6. The van der Waals surface area contributed by atoms with Crippen LogP contribution in [0.15, 0.2) is 36.7 Å². The molecule has 0 fully saturated rings. The Morgan fingerprint density at radius 3 is 2.81 bits per heavy atom. The average molecular weight is 288 g/mol. The topological polar surface area (TPSA) is 88.3 Å². The number of rotatable bonds is 6. The van der Waals surface area contributed by atoms with Crippen LogP contribution in [-0.4, -0.2) is 50.2 Å². The van der Waals surface area contributed by atoms with Gasteiger partial charge in [0.1, 0.15) is 5.69 Å². The van der Waals surface area contributed by atoms with Gasteiger partial charge in [0.25, 0.3) is 5.91 Å². The molecule has 0 bridgehead atoms. The van der Waals surface area contributed by atoms with Crippen LogP contribution in [0.2, 0.25) is 0 Å². The highest BCUT2D eigenvalue weighted by molar-refractivity contribution is 5.92. The number of carbonyl (C=O) groups is 2. The van der Waals surface area contributed by atoms with E-state index in [2.05, 4.69) is 10.1 Å². The van der Waals surface area contributed by atoms with Crippen molar-refractivity contribution in [2.75, 3.05) is 13.6 Å². The number of nitrogens with zero attached hydrogens (tertiary/aromatic N) is 4. The molecule has 0 saturated heterocycles. The smallest absolute Gasteiger partial charge is 0.303 e. The molecular formula is C14H16N4O3. The monoisotopic (exact) mass is 288 g/mol. The second-order valence-electron chi connectivity index (χ2n) is 4.56. The predicted octanol–water partition coefficient (Wildman–Crippen LogP) is 1.20. The second kappa shape index (κ2) is 6.65. The Balaban J connectivity index is 2.05. The van der Waals surface area contributed by atoms with Crippen LogP contribution in [-0.2, 0) is 4.79 Å². The molecule has 2 aromatic heterocycles. The highest BCUT2D eigenvalue weighted by atomic mass is 16.4. The maximum atomic E-state index is 12.2. The van der Waals surface area contributed by atoms with Crippen molar-refractivity contribution in [2.45, 2.75) is 12.8 Å². The SMILES string of the molecule is CN(CCCC(=O)O)C(=O)c1cccc(-n2cccn2)n1. The molecule has 0 atom stereocenters. The molecule has 1 amide bonds. The van der Waals surface area contributed by atoms with Gasteiger partial charge in [-0.3, -0.25) is 9.59 Å². The Bertz CT molecular complexity index is 625. The van der Waals surface area contributed by atoms with Crippen LogP contribution in [0.25, 0.3) is 5.82 Å². The molecule has 0 radical (unpaired) electrons. The first-order chi connectivity index (χ1) is 10.1. The van der Waals surface area contributed by atoms with Crippen molar-refractivity contribution in [3.05, 3.63) is 42.4 Å². The second-order valence-corrected chi connectivity index (χ2v) is 4.56. The Morgan fingerprint density at radius 2 is 2.14 bits per heavy atom. The minimum Gasteiger partial charge on any atom is -0.481 e. The van der Waals surface area contributed by atoms with Gasteiger partial charge in [0.15, 0.2) is 5.82 Å². The first-order valence-electron chi connectivity index (χ1n) is 6.52. The van der Waals surface area contributed by atoms with E-state index in [1.54, 1.807) is 48.4 Å². The number of pyridine rings is 1. The van der Waals surface area contributed by atoms with Crippen molar-refractivity contribution in [1.29, 1.82) is 0 Å². The summed E-state index contributed by atoms with van der Waals surface area (Å²) in [5.41, 5.74) is 0.306. The van der Waals surface area contributed by atoms with Crippen LogP contribution in [0.1, 0.15) is 23.3 Å². The van der Waals surface area contributed by atoms with E-state index in [1.165, 1.54) is 4.90 Å². The molecule has 2 rings (SSSR count). The third kappa shape index (κ3) is 3.88. The van der Waals surface area contributed by atoms with Gasteiger partial charge < -0.3 is 10.0 Å². The molecule has 0 unspecified atom stereocenters. The van der Waals surface area contributed by atoms with Gasteiger partial charge in [-0.15, -0.1) is 0 Å². The predicted molar refractivity (Wildman–Crippen MR) is 75.2 cm³/mol. The van der Waals surface area contributed by atoms with Crippen molar-refractivity contribution >= 4 is 11.9 Å². The summed E-state index contributed by atoms with van der Waals surface area (Å²) in [6, 6.07) is 6.90. The molecule has 7 nitrogen and oxygen atoms in total. The maximum Gasteiger partial charge on any atom is 0.303 e. The summed E-state index contributed by atoms with van der Waals surface area (Å²) >= 11 is 0. The standard InChI is InChI=1S/C14H16N4O3/c1-17(9-3-7-13(19)20)14(21)11-5-2-6-12(16-11)18-10-4-8-15-18/h2,4-6,8,10H,3,7,9H2,1H3,(H,19,20). The van der Waals surface area contributed by atoms with Crippen LogP contribution in [0.5, 0.6) is 0 Å². The van der Waals surface area contributed by atoms with E-state index in [0.717, 1.165) is 0 Å². The fourth-order valence-corrected chi connectivity index (χ4v) is 1.84. The highest BCUT2D eigenvalue weighted by Gasteiger charge is 2.14. The lowest BCUT2D eigenvalue weighted by Gasteiger charge is -2.16. The molecule has 0 saturated carbocycles. The zero-order chi connectivity index (χ0) is 15.2. The summed E-state index contributed by atoms with van der Waals surface area (Å²) in [6.07, 6.45) is 3.83. The molecule has 21 heavy (non-hydrogen) atoms. The first-order valence-corrected chi connectivity index (χ1v) is 6.52. The summed E-state index contributed by atoms with van der Waals surface area (Å²) in [7, 11) is 1.63. The van der Waals surface area contributed by atoms with Crippen LogP contribution < -0.4 is 0 Å². The number of carboxylic acids is 1. The lowest BCUT2D eigenvalue weighted by molar-refractivity contribution is -0.137. The van der Waals surface area contributed by atoms with Gasteiger partial charge in [0, 0.05) is 32.4 Å². The van der Waals surface area contributed by atoms with E-state index in [1.807, 2.05) is 0 Å². The van der Waals surface area contributed by atoms with Crippen LogP contribution in [0.4, 0.5) is 0 Å². The van der Waals surface area contributed by atoms with Gasteiger partial charge in [0.05, 0.1) is 0 Å². The van der Waals surface area contributed by atoms with E-state index in [0.29, 0.717) is 24.5 Å². The average Bonchev–Trinajstić information content (AvgIpc) is 3.00. The number of hydrogen-bond acceptors (Lipinski definition) is 4. The van der Waals surface area contributed by atoms with Crippen molar-refractivity contribution in [1.82, 2.24) is 19.7 Å². The van der Waals surface area contributed by atoms with Crippen molar-refractivity contribution in [3.63, 3.8) is 0 Å². The van der Waals surface area contributed by atoms with Gasteiger partial charge in [-0.2, -0.15) is 5.10 Å². The van der Waals surface area contributed by atoms with Gasteiger partial charge in [-0.25, -0.2) is 9.67 Å². The third-order valence-electron chi connectivity index (χ3n) is 2.92. The molecule has 0 aliphatic rings. The lowest BCUT2D eigenvalue weighted by atomic mass is 10.2. The molecule has 2 heterocycles. The maximum absolute atomic E-state index is 12.2.